The Bertz CT molecular complexity index is 785. The fourth-order valence-corrected chi connectivity index (χ4v) is 2.64. The number of carbonyl (C=O) groups excluding carboxylic acids is 1. The van der Waals surface area contributed by atoms with Crippen LogP contribution in [0.3, 0.4) is 0 Å². The molecule has 11 heteroatoms. The maximum atomic E-state index is 13.0. The van der Waals surface area contributed by atoms with Crippen LogP contribution in [-0.4, -0.2) is 56.3 Å². The van der Waals surface area contributed by atoms with E-state index in [1.54, 1.807) is 18.5 Å². The van der Waals surface area contributed by atoms with E-state index in [0.29, 0.717) is 17.3 Å². The Balaban J connectivity index is 1.57. The molecule has 1 unspecified atom stereocenters. The lowest BCUT2D eigenvalue weighted by molar-refractivity contribution is -0.108. The molecule has 1 N–H and O–H groups in total. The first kappa shape index (κ1) is 14.5. The minimum atomic E-state index is -2.69. The number of anilines is 2. The molecule has 0 bridgehead atoms. The summed E-state index contributed by atoms with van der Waals surface area (Å²) in [6.45, 7) is -0.757. The highest BCUT2D eigenvalue weighted by molar-refractivity contribution is 5.83. The van der Waals surface area contributed by atoms with Gasteiger partial charge in [0, 0.05) is 12.3 Å². The van der Waals surface area contributed by atoms with Gasteiger partial charge in [0.2, 0.25) is 0 Å². The van der Waals surface area contributed by atoms with Crippen molar-refractivity contribution in [2.24, 2.45) is 0 Å². The number of hydrazine groups is 1. The van der Waals surface area contributed by atoms with Gasteiger partial charge in [0.15, 0.2) is 18.1 Å². The summed E-state index contributed by atoms with van der Waals surface area (Å²) in [5.41, 5.74) is 3.49. The Morgan fingerprint density at radius 2 is 2.08 bits per heavy atom. The maximum Gasteiger partial charge on any atom is 0.282 e. The molecule has 2 aromatic rings. The van der Waals surface area contributed by atoms with Crippen LogP contribution in [-0.2, 0) is 4.79 Å². The Kier molecular flexibility index (Phi) is 3.15. The van der Waals surface area contributed by atoms with Crippen molar-refractivity contribution in [3.05, 3.63) is 31.0 Å². The van der Waals surface area contributed by atoms with Gasteiger partial charge < -0.3 is 15.1 Å². The Morgan fingerprint density at radius 1 is 1.29 bits per heavy atom. The molecule has 0 spiro atoms. The van der Waals surface area contributed by atoms with Gasteiger partial charge in [-0.05, 0) is 0 Å². The number of hydrogen-bond acceptors (Lipinski definition) is 8. The van der Waals surface area contributed by atoms with Gasteiger partial charge in [-0.15, -0.1) is 5.10 Å². The van der Waals surface area contributed by atoms with Gasteiger partial charge in [0.05, 0.1) is 31.2 Å². The van der Waals surface area contributed by atoms with Crippen LogP contribution in [0.2, 0.25) is 0 Å². The van der Waals surface area contributed by atoms with E-state index in [2.05, 4.69) is 25.7 Å². The standard InChI is InChI=1S/C13H12F2N8O/c14-13(15)6-21(7-13)11-3-12(17-8-16-11)23-10(5-24)9(4-19-23)22-2-1-18-20-22/h1-5,8,10,19H,6-7H2. The van der Waals surface area contributed by atoms with Crippen LogP contribution in [0.1, 0.15) is 0 Å². The van der Waals surface area contributed by atoms with Gasteiger partial charge in [-0.25, -0.2) is 23.4 Å². The van der Waals surface area contributed by atoms with Crippen LogP contribution in [0.5, 0.6) is 0 Å². The summed E-state index contributed by atoms with van der Waals surface area (Å²) in [4.78, 5) is 21.1. The third-order valence-corrected chi connectivity index (χ3v) is 3.80. The average Bonchev–Trinajstić information content (AvgIpc) is 3.21. The molecule has 1 atom stereocenters. The molecule has 0 saturated carbocycles. The molecule has 1 saturated heterocycles. The molecule has 0 amide bonds. The van der Waals surface area contributed by atoms with Crippen LogP contribution < -0.4 is 15.3 Å². The first-order chi connectivity index (χ1) is 11.6. The zero-order valence-corrected chi connectivity index (χ0v) is 12.3. The molecule has 0 aliphatic carbocycles. The lowest BCUT2D eigenvalue weighted by atomic mass is 10.1. The first-order valence-corrected chi connectivity index (χ1v) is 7.10. The fraction of sp³-hybridized carbons (Fsp3) is 0.308. The van der Waals surface area contributed by atoms with Crippen molar-refractivity contribution in [1.82, 2.24) is 30.4 Å². The van der Waals surface area contributed by atoms with Crippen LogP contribution >= 0.6 is 0 Å². The van der Waals surface area contributed by atoms with Gasteiger partial charge >= 0.3 is 0 Å². The van der Waals surface area contributed by atoms with E-state index in [0.717, 1.165) is 6.29 Å². The number of nitrogens with one attached hydrogen (secondary N) is 1. The Morgan fingerprint density at radius 3 is 2.75 bits per heavy atom. The second kappa shape index (κ2) is 5.22. The van der Waals surface area contributed by atoms with Crippen molar-refractivity contribution in [3.63, 3.8) is 0 Å². The summed E-state index contributed by atoms with van der Waals surface area (Å²) >= 11 is 0. The maximum absolute atomic E-state index is 13.0. The Hall–Kier alpha value is -3.11. The molecule has 2 aliphatic rings. The molecule has 0 radical (unpaired) electrons. The van der Waals surface area contributed by atoms with Crippen LogP contribution in [0.4, 0.5) is 20.4 Å². The van der Waals surface area contributed by atoms with Crippen LogP contribution in [0, 0.1) is 0 Å². The molecule has 2 aliphatic heterocycles. The second-order valence-corrected chi connectivity index (χ2v) is 5.44. The van der Waals surface area contributed by atoms with Crippen molar-refractivity contribution in [3.8, 4) is 0 Å². The molecule has 0 aromatic carbocycles. The minimum Gasteiger partial charge on any atom is -0.344 e. The highest BCUT2D eigenvalue weighted by Crippen LogP contribution is 2.32. The lowest BCUT2D eigenvalue weighted by Crippen LogP contribution is -2.56. The monoisotopic (exact) mass is 334 g/mol. The van der Waals surface area contributed by atoms with Gasteiger partial charge in [0.25, 0.3) is 5.92 Å². The number of nitrogens with zero attached hydrogens (tertiary/aromatic N) is 7. The summed E-state index contributed by atoms with van der Waals surface area (Å²) < 4.78 is 27.5. The highest BCUT2D eigenvalue weighted by atomic mass is 19.3. The number of alkyl halides is 2. The molecule has 4 heterocycles. The molecule has 1 fully saturated rings. The summed E-state index contributed by atoms with van der Waals surface area (Å²) in [6, 6.07) is 0.865. The van der Waals surface area contributed by atoms with E-state index in [1.165, 1.54) is 27.1 Å². The van der Waals surface area contributed by atoms with Gasteiger partial charge in [-0.3, -0.25) is 5.01 Å². The normalized spacial score (nSPS) is 21.9. The molecule has 24 heavy (non-hydrogen) atoms. The van der Waals surface area contributed by atoms with Crippen molar-refractivity contribution in [1.29, 1.82) is 0 Å². The third-order valence-electron chi connectivity index (χ3n) is 3.80. The van der Waals surface area contributed by atoms with Gasteiger partial charge in [0.1, 0.15) is 12.1 Å². The molecule has 124 valence electrons. The van der Waals surface area contributed by atoms with Crippen LogP contribution in [0.25, 0.3) is 5.70 Å². The van der Waals surface area contributed by atoms with Crippen molar-refractivity contribution in [2.75, 3.05) is 23.0 Å². The highest BCUT2D eigenvalue weighted by Gasteiger charge is 2.44. The third kappa shape index (κ3) is 2.33. The topological polar surface area (TPSA) is 92.1 Å². The quantitative estimate of drug-likeness (QED) is 0.776. The molecular weight excluding hydrogens is 322 g/mol. The van der Waals surface area contributed by atoms with E-state index < -0.39 is 12.0 Å². The van der Waals surface area contributed by atoms with Crippen LogP contribution in [0.15, 0.2) is 31.0 Å². The lowest BCUT2D eigenvalue weighted by Gasteiger charge is -2.39. The molecule has 2 aromatic heterocycles. The summed E-state index contributed by atoms with van der Waals surface area (Å²) in [7, 11) is 0. The number of aldehydes is 1. The molecule has 4 rings (SSSR count). The SMILES string of the molecule is O=CC1C(n2ccnn2)=CNN1c1cc(N2CC(F)(F)C2)ncn1. The fourth-order valence-electron chi connectivity index (χ4n) is 2.64. The van der Waals surface area contributed by atoms with E-state index >= 15 is 0 Å². The Labute approximate surface area is 134 Å². The minimum absolute atomic E-state index is 0.379. The number of aromatic nitrogens is 5. The number of rotatable bonds is 4. The van der Waals surface area contributed by atoms with E-state index in [4.69, 9.17) is 0 Å². The van der Waals surface area contributed by atoms with E-state index in [1.807, 2.05) is 0 Å². The zero-order valence-electron chi connectivity index (χ0n) is 12.3. The number of carbonyl (C=O) groups is 1. The predicted octanol–water partition coefficient (Wildman–Crippen LogP) is -0.0859. The first-order valence-electron chi connectivity index (χ1n) is 7.10. The average molecular weight is 334 g/mol. The van der Waals surface area contributed by atoms with Crippen molar-refractivity contribution >= 4 is 23.6 Å². The summed E-state index contributed by atoms with van der Waals surface area (Å²) in [5.74, 6) is -1.92. The number of hydrogen-bond donors (Lipinski definition) is 1. The predicted molar refractivity (Wildman–Crippen MR) is 79.0 cm³/mol. The zero-order chi connectivity index (χ0) is 16.7. The second-order valence-electron chi connectivity index (χ2n) is 5.44. The van der Waals surface area contributed by atoms with Crippen molar-refractivity contribution < 1.29 is 13.6 Å². The molecular formula is C13H12F2N8O. The summed E-state index contributed by atoms with van der Waals surface area (Å²) in [5, 5.41) is 9.07. The van der Waals surface area contributed by atoms with Gasteiger partial charge in [-0.2, -0.15) is 0 Å². The van der Waals surface area contributed by atoms with E-state index in [-0.39, 0.29) is 13.1 Å². The smallest absolute Gasteiger partial charge is 0.282 e. The number of halogens is 2. The largest absolute Gasteiger partial charge is 0.344 e. The van der Waals surface area contributed by atoms with Crippen molar-refractivity contribution in [2.45, 2.75) is 12.0 Å². The van der Waals surface area contributed by atoms with E-state index in [9.17, 15) is 13.6 Å². The van der Waals surface area contributed by atoms with Gasteiger partial charge in [-0.1, -0.05) is 5.21 Å². The molecule has 9 nitrogen and oxygen atoms in total. The summed E-state index contributed by atoms with van der Waals surface area (Å²) in [6.07, 6.45) is 6.72.